The first-order chi connectivity index (χ1) is 8.79. The number of esters is 1. The van der Waals surface area contributed by atoms with Crippen LogP contribution < -0.4 is 4.74 Å². The van der Waals surface area contributed by atoms with Gasteiger partial charge in [0.1, 0.15) is 5.75 Å². The Bertz CT molecular complexity index is 400. The van der Waals surface area contributed by atoms with E-state index in [0.29, 0.717) is 5.75 Å². The Hall–Kier alpha value is -1.57. The third-order valence-corrected chi connectivity index (χ3v) is 3.46. The van der Waals surface area contributed by atoms with Crippen LogP contribution in [0.3, 0.4) is 0 Å². The van der Waals surface area contributed by atoms with Crippen molar-refractivity contribution in [1.82, 2.24) is 0 Å². The lowest BCUT2D eigenvalue weighted by Gasteiger charge is -2.19. The quantitative estimate of drug-likeness (QED) is 0.456. The van der Waals surface area contributed by atoms with E-state index in [2.05, 4.69) is 6.58 Å². The second-order valence-corrected chi connectivity index (χ2v) is 4.89. The predicted molar refractivity (Wildman–Crippen MR) is 72.6 cm³/mol. The summed E-state index contributed by atoms with van der Waals surface area (Å²) in [7, 11) is 0. The van der Waals surface area contributed by atoms with Gasteiger partial charge in [-0.1, -0.05) is 37.5 Å². The zero-order valence-corrected chi connectivity index (χ0v) is 10.7. The lowest BCUT2D eigenvalue weighted by Crippen LogP contribution is -2.22. The van der Waals surface area contributed by atoms with Crippen molar-refractivity contribution >= 4 is 5.97 Å². The number of hydrogen-bond donors (Lipinski definition) is 0. The molecule has 0 atom stereocenters. The number of carbonyl (C=O) groups is 1. The highest BCUT2D eigenvalue weighted by atomic mass is 16.5. The van der Waals surface area contributed by atoms with E-state index in [1.165, 1.54) is 12.0 Å². The smallest absolute Gasteiger partial charge is 0.314 e. The Labute approximate surface area is 109 Å². The summed E-state index contributed by atoms with van der Waals surface area (Å²) in [5.74, 6) is 0.691. The molecule has 1 aliphatic carbocycles. The molecule has 0 N–H and O–H groups in total. The second kappa shape index (κ2) is 6.39. The summed E-state index contributed by atoms with van der Waals surface area (Å²) < 4.78 is 5.42. The average molecular weight is 244 g/mol. The van der Waals surface area contributed by atoms with E-state index >= 15 is 0 Å². The van der Waals surface area contributed by atoms with E-state index in [1.54, 1.807) is 0 Å². The maximum absolute atomic E-state index is 11.9. The highest BCUT2D eigenvalue weighted by molar-refractivity contribution is 5.75. The number of rotatable bonds is 4. The summed E-state index contributed by atoms with van der Waals surface area (Å²) in [4.78, 5) is 11.9. The fourth-order valence-corrected chi connectivity index (χ4v) is 2.40. The molecular weight excluding hydrogens is 224 g/mol. The van der Waals surface area contributed by atoms with Gasteiger partial charge in [0.25, 0.3) is 0 Å². The van der Waals surface area contributed by atoms with Crippen LogP contribution in [0.25, 0.3) is 0 Å². The molecule has 0 spiro atoms. The first-order valence-corrected chi connectivity index (χ1v) is 6.71. The van der Waals surface area contributed by atoms with Gasteiger partial charge in [0, 0.05) is 0 Å². The summed E-state index contributed by atoms with van der Waals surface area (Å²) in [6.07, 6.45) is 8.22. The van der Waals surface area contributed by atoms with Crippen molar-refractivity contribution in [3.63, 3.8) is 0 Å². The second-order valence-electron chi connectivity index (χ2n) is 4.89. The fraction of sp³-hybridized carbons (Fsp3) is 0.438. The van der Waals surface area contributed by atoms with Crippen molar-refractivity contribution in [1.29, 1.82) is 0 Å². The van der Waals surface area contributed by atoms with Crippen LogP contribution in [0.15, 0.2) is 36.9 Å². The number of carbonyl (C=O) groups excluding carboxylic acids is 1. The molecule has 2 rings (SSSR count). The van der Waals surface area contributed by atoms with Gasteiger partial charge in [0.05, 0.1) is 5.92 Å². The van der Waals surface area contributed by atoms with Crippen LogP contribution in [0.1, 0.15) is 37.7 Å². The maximum Gasteiger partial charge on any atom is 0.314 e. The Morgan fingerprint density at radius 2 is 1.89 bits per heavy atom. The molecule has 2 nitrogen and oxygen atoms in total. The van der Waals surface area contributed by atoms with Crippen molar-refractivity contribution in [2.45, 2.75) is 38.5 Å². The third kappa shape index (κ3) is 3.46. The normalized spacial score (nSPS) is 16.2. The van der Waals surface area contributed by atoms with Gasteiger partial charge < -0.3 is 4.74 Å². The minimum absolute atomic E-state index is 0.0637. The van der Waals surface area contributed by atoms with Gasteiger partial charge in [-0.15, -0.1) is 6.58 Å². The number of hydrogen-bond acceptors (Lipinski definition) is 2. The Morgan fingerprint density at radius 3 is 2.50 bits per heavy atom. The summed E-state index contributed by atoms with van der Waals surface area (Å²) in [6.45, 7) is 3.70. The largest absolute Gasteiger partial charge is 0.426 e. The zero-order chi connectivity index (χ0) is 12.8. The molecule has 0 unspecified atom stereocenters. The molecular formula is C16H20O2. The summed E-state index contributed by atoms with van der Waals surface area (Å²) >= 11 is 0. The first-order valence-electron chi connectivity index (χ1n) is 6.71. The molecule has 96 valence electrons. The van der Waals surface area contributed by atoms with Crippen LogP contribution in [0.4, 0.5) is 0 Å². The highest BCUT2D eigenvalue weighted by Crippen LogP contribution is 2.25. The fourth-order valence-electron chi connectivity index (χ4n) is 2.40. The first kappa shape index (κ1) is 12.9. The van der Waals surface area contributed by atoms with Gasteiger partial charge in [-0.3, -0.25) is 4.79 Å². The summed E-state index contributed by atoms with van der Waals surface area (Å²) in [5, 5.41) is 0. The topological polar surface area (TPSA) is 26.3 Å². The molecule has 0 heterocycles. The SMILES string of the molecule is C=CCc1ccc(OC(=O)C2CCCCC2)cc1. The van der Waals surface area contributed by atoms with E-state index in [0.717, 1.165) is 32.1 Å². The molecule has 0 aromatic heterocycles. The van der Waals surface area contributed by atoms with Gasteiger partial charge >= 0.3 is 5.97 Å². The molecule has 0 aliphatic heterocycles. The van der Waals surface area contributed by atoms with E-state index in [4.69, 9.17) is 4.74 Å². The van der Waals surface area contributed by atoms with Crippen molar-refractivity contribution in [2.75, 3.05) is 0 Å². The molecule has 1 aromatic rings. The van der Waals surface area contributed by atoms with E-state index < -0.39 is 0 Å². The number of benzene rings is 1. The van der Waals surface area contributed by atoms with Crippen LogP contribution in [0.2, 0.25) is 0 Å². The van der Waals surface area contributed by atoms with Crippen LogP contribution in [-0.4, -0.2) is 5.97 Å². The molecule has 0 bridgehead atoms. The van der Waals surface area contributed by atoms with Gasteiger partial charge in [-0.25, -0.2) is 0 Å². The van der Waals surface area contributed by atoms with Gasteiger partial charge in [0.15, 0.2) is 0 Å². The molecule has 0 radical (unpaired) electrons. The van der Waals surface area contributed by atoms with Crippen LogP contribution in [-0.2, 0) is 11.2 Å². The van der Waals surface area contributed by atoms with E-state index in [9.17, 15) is 4.79 Å². The molecule has 0 saturated heterocycles. The van der Waals surface area contributed by atoms with Crippen molar-refractivity contribution < 1.29 is 9.53 Å². The average Bonchev–Trinajstić information content (AvgIpc) is 2.42. The lowest BCUT2D eigenvalue weighted by molar-refractivity contribution is -0.139. The van der Waals surface area contributed by atoms with Crippen molar-refractivity contribution in [3.05, 3.63) is 42.5 Å². The van der Waals surface area contributed by atoms with Gasteiger partial charge in [-0.05, 0) is 37.0 Å². The molecule has 1 saturated carbocycles. The Balaban J connectivity index is 1.91. The standard InChI is InChI=1S/C16H20O2/c1-2-6-13-9-11-15(12-10-13)18-16(17)14-7-4-3-5-8-14/h2,9-12,14H,1,3-8H2. The number of ether oxygens (including phenoxy) is 1. The van der Waals surface area contributed by atoms with Crippen LogP contribution >= 0.6 is 0 Å². The Kier molecular flexibility index (Phi) is 4.57. The maximum atomic E-state index is 11.9. The monoisotopic (exact) mass is 244 g/mol. The highest BCUT2D eigenvalue weighted by Gasteiger charge is 2.22. The molecule has 1 fully saturated rings. The minimum atomic E-state index is -0.0637. The molecule has 2 heteroatoms. The van der Waals surface area contributed by atoms with Crippen LogP contribution in [0, 0.1) is 5.92 Å². The number of allylic oxidation sites excluding steroid dienone is 1. The van der Waals surface area contributed by atoms with Crippen molar-refractivity contribution in [3.8, 4) is 5.75 Å². The van der Waals surface area contributed by atoms with E-state index in [1.807, 2.05) is 30.3 Å². The third-order valence-electron chi connectivity index (χ3n) is 3.46. The van der Waals surface area contributed by atoms with Crippen LogP contribution in [0.5, 0.6) is 5.75 Å². The van der Waals surface area contributed by atoms with Gasteiger partial charge in [-0.2, -0.15) is 0 Å². The van der Waals surface area contributed by atoms with Crippen molar-refractivity contribution in [2.24, 2.45) is 5.92 Å². The molecule has 0 amide bonds. The van der Waals surface area contributed by atoms with E-state index in [-0.39, 0.29) is 11.9 Å². The zero-order valence-electron chi connectivity index (χ0n) is 10.7. The molecule has 1 aromatic carbocycles. The summed E-state index contributed by atoms with van der Waals surface area (Å²) in [5.41, 5.74) is 1.18. The molecule has 1 aliphatic rings. The Morgan fingerprint density at radius 1 is 1.22 bits per heavy atom. The minimum Gasteiger partial charge on any atom is -0.426 e. The summed E-state index contributed by atoms with van der Waals surface area (Å²) in [6, 6.07) is 7.68. The molecule has 18 heavy (non-hydrogen) atoms. The predicted octanol–water partition coefficient (Wildman–Crippen LogP) is 3.90. The lowest BCUT2D eigenvalue weighted by atomic mass is 9.89. The van der Waals surface area contributed by atoms with Gasteiger partial charge in [0.2, 0.25) is 0 Å².